The molecule has 1 unspecified atom stereocenters. The molecule has 2 aromatic heterocycles. The molecule has 1 fully saturated rings. The zero-order chi connectivity index (χ0) is 18.2. The molecule has 0 radical (unpaired) electrons. The second kappa shape index (κ2) is 6.89. The summed E-state index contributed by atoms with van der Waals surface area (Å²) in [4.78, 5) is 16.2. The van der Waals surface area contributed by atoms with Gasteiger partial charge >= 0.3 is 0 Å². The van der Waals surface area contributed by atoms with Gasteiger partial charge in [0.15, 0.2) is 0 Å². The Morgan fingerprint density at radius 2 is 1.93 bits per heavy atom. The lowest BCUT2D eigenvalue weighted by molar-refractivity contribution is 0.155. The number of nitrogens with one attached hydrogen (secondary N) is 1. The van der Waals surface area contributed by atoms with Crippen LogP contribution in [0.5, 0.6) is 0 Å². The molecule has 1 aliphatic carbocycles. The van der Waals surface area contributed by atoms with E-state index in [0.29, 0.717) is 6.04 Å². The number of anilines is 2. The van der Waals surface area contributed by atoms with Gasteiger partial charge in [0.2, 0.25) is 0 Å². The maximum Gasteiger partial charge on any atom is 0.138 e. The summed E-state index contributed by atoms with van der Waals surface area (Å²) >= 11 is 0. The standard InChI is InChI=1S/C22H25N5/c1-15(16-6-2-3-7-16)27-12-19-21(13-27)24-14-25-22(19)26-18-10-17-8-4-5-9-20(17)23-11-18/h4-5,8-11,14-16H,2-3,6-7,12-13H2,1H3,(H,24,25,26). The molecule has 1 N–H and O–H groups in total. The molecule has 1 saturated carbocycles. The molecular formula is C22H25N5. The lowest BCUT2D eigenvalue weighted by atomic mass is 9.98. The second-order valence-corrected chi connectivity index (χ2v) is 7.88. The van der Waals surface area contributed by atoms with E-state index in [2.05, 4.69) is 44.2 Å². The first-order valence-electron chi connectivity index (χ1n) is 9.96. The molecule has 2 aliphatic rings. The van der Waals surface area contributed by atoms with E-state index in [1.807, 2.05) is 24.4 Å². The average molecular weight is 359 g/mol. The highest BCUT2D eigenvalue weighted by atomic mass is 15.2. The van der Waals surface area contributed by atoms with Crippen molar-refractivity contribution in [3.05, 3.63) is 54.1 Å². The number of aromatic nitrogens is 3. The quantitative estimate of drug-likeness (QED) is 0.734. The minimum absolute atomic E-state index is 0.608. The van der Waals surface area contributed by atoms with Crippen LogP contribution < -0.4 is 5.32 Å². The van der Waals surface area contributed by atoms with E-state index in [-0.39, 0.29) is 0 Å². The van der Waals surface area contributed by atoms with Crippen LogP contribution in [0.15, 0.2) is 42.9 Å². The summed E-state index contributed by atoms with van der Waals surface area (Å²) in [5, 5.41) is 4.61. The van der Waals surface area contributed by atoms with Crippen molar-refractivity contribution in [2.75, 3.05) is 5.32 Å². The Kier molecular flexibility index (Phi) is 4.24. The summed E-state index contributed by atoms with van der Waals surface area (Å²) in [6, 6.07) is 10.9. The largest absolute Gasteiger partial charge is 0.339 e. The van der Waals surface area contributed by atoms with Crippen molar-refractivity contribution >= 4 is 22.4 Å². The van der Waals surface area contributed by atoms with Gasteiger partial charge in [0.05, 0.1) is 23.1 Å². The Morgan fingerprint density at radius 1 is 1.07 bits per heavy atom. The summed E-state index contributed by atoms with van der Waals surface area (Å²) in [5.41, 5.74) is 4.37. The van der Waals surface area contributed by atoms with Crippen LogP contribution in [0.4, 0.5) is 11.5 Å². The van der Waals surface area contributed by atoms with Crippen LogP contribution >= 0.6 is 0 Å². The van der Waals surface area contributed by atoms with E-state index < -0.39 is 0 Å². The van der Waals surface area contributed by atoms with Gasteiger partial charge in [-0.05, 0) is 37.8 Å². The fourth-order valence-electron chi connectivity index (χ4n) is 4.61. The maximum absolute atomic E-state index is 4.56. The van der Waals surface area contributed by atoms with Crippen LogP contribution in [0.2, 0.25) is 0 Å². The zero-order valence-corrected chi connectivity index (χ0v) is 15.7. The molecule has 1 atom stereocenters. The number of para-hydroxylation sites is 1. The zero-order valence-electron chi connectivity index (χ0n) is 15.7. The molecular weight excluding hydrogens is 334 g/mol. The van der Waals surface area contributed by atoms with Crippen molar-refractivity contribution in [2.24, 2.45) is 5.92 Å². The number of fused-ring (bicyclic) bond motifs is 2. The summed E-state index contributed by atoms with van der Waals surface area (Å²) in [6.07, 6.45) is 9.07. The molecule has 5 heteroatoms. The van der Waals surface area contributed by atoms with E-state index in [1.165, 1.54) is 31.2 Å². The fourth-order valence-corrected chi connectivity index (χ4v) is 4.61. The van der Waals surface area contributed by atoms with Crippen LogP contribution in [0.25, 0.3) is 10.9 Å². The van der Waals surface area contributed by atoms with E-state index in [9.17, 15) is 0 Å². The first-order valence-corrected chi connectivity index (χ1v) is 9.96. The minimum atomic E-state index is 0.608. The molecule has 0 saturated heterocycles. The van der Waals surface area contributed by atoms with Gasteiger partial charge in [0.1, 0.15) is 12.1 Å². The lowest BCUT2D eigenvalue weighted by Crippen LogP contribution is -2.33. The van der Waals surface area contributed by atoms with Crippen LogP contribution in [0.1, 0.15) is 43.9 Å². The summed E-state index contributed by atoms with van der Waals surface area (Å²) in [7, 11) is 0. The first-order chi connectivity index (χ1) is 13.3. The molecule has 1 aromatic carbocycles. The Balaban J connectivity index is 1.38. The van der Waals surface area contributed by atoms with Gasteiger partial charge in [-0.3, -0.25) is 9.88 Å². The predicted molar refractivity (Wildman–Crippen MR) is 108 cm³/mol. The highest BCUT2D eigenvalue weighted by molar-refractivity contribution is 5.82. The van der Waals surface area contributed by atoms with E-state index in [4.69, 9.17) is 0 Å². The molecule has 0 amide bonds. The summed E-state index contributed by atoms with van der Waals surface area (Å²) < 4.78 is 0. The van der Waals surface area contributed by atoms with E-state index in [0.717, 1.165) is 47.1 Å². The average Bonchev–Trinajstić information content (AvgIpc) is 3.38. The molecule has 0 spiro atoms. The summed E-state index contributed by atoms with van der Waals surface area (Å²) in [5.74, 6) is 1.74. The molecule has 5 rings (SSSR count). The third kappa shape index (κ3) is 3.16. The first kappa shape index (κ1) is 16.6. The van der Waals surface area contributed by atoms with Crippen LogP contribution in [-0.2, 0) is 13.1 Å². The predicted octanol–water partition coefficient (Wildman–Crippen LogP) is 4.66. The van der Waals surface area contributed by atoms with Gasteiger partial charge in [-0.15, -0.1) is 0 Å². The molecule has 0 bridgehead atoms. The third-order valence-electron chi connectivity index (χ3n) is 6.26. The van der Waals surface area contributed by atoms with E-state index in [1.54, 1.807) is 6.33 Å². The van der Waals surface area contributed by atoms with Crippen molar-refractivity contribution in [1.29, 1.82) is 0 Å². The third-order valence-corrected chi connectivity index (χ3v) is 6.26. The van der Waals surface area contributed by atoms with Crippen molar-refractivity contribution in [1.82, 2.24) is 19.9 Å². The highest BCUT2D eigenvalue weighted by Gasteiger charge is 2.32. The number of hydrogen-bond donors (Lipinski definition) is 1. The lowest BCUT2D eigenvalue weighted by Gasteiger charge is -2.28. The SMILES string of the molecule is CC(C1CCCC1)N1Cc2ncnc(Nc3cnc4ccccc4c3)c2C1. The second-order valence-electron chi connectivity index (χ2n) is 7.88. The molecule has 1 aliphatic heterocycles. The number of benzene rings is 1. The van der Waals surface area contributed by atoms with Crippen LogP contribution in [0, 0.1) is 5.92 Å². The molecule has 3 aromatic rings. The number of pyridine rings is 1. The highest BCUT2D eigenvalue weighted by Crippen LogP contribution is 2.35. The molecule has 138 valence electrons. The fraction of sp³-hybridized carbons (Fsp3) is 0.409. The monoisotopic (exact) mass is 359 g/mol. The maximum atomic E-state index is 4.56. The van der Waals surface area contributed by atoms with E-state index >= 15 is 0 Å². The van der Waals surface area contributed by atoms with Gasteiger partial charge in [-0.2, -0.15) is 0 Å². The normalized spacial score (nSPS) is 18.7. The Labute approximate surface area is 159 Å². The van der Waals surface area contributed by atoms with Gasteiger partial charge in [0.25, 0.3) is 0 Å². The van der Waals surface area contributed by atoms with Gasteiger partial charge in [-0.1, -0.05) is 31.0 Å². The van der Waals surface area contributed by atoms with Crippen molar-refractivity contribution < 1.29 is 0 Å². The Morgan fingerprint density at radius 3 is 2.81 bits per heavy atom. The molecule has 27 heavy (non-hydrogen) atoms. The van der Waals surface area contributed by atoms with Gasteiger partial charge in [-0.25, -0.2) is 9.97 Å². The molecule has 3 heterocycles. The Bertz CT molecular complexity index is 964. The topological polar surface area (TPSA) is 53.9 Å². The van der Waals surface area contributed by atoms with Crippen molar-refractivity contribution in [2.45, 2.75) is 51.7 Å². The number of rotatable bonds is 4. The van der Waals surface area contributed by atoms with Crippen molar-refractivity contribution in [3.8, 4) is 0 Å². The number of nitrogens with zero attached hydrogens (tertiary/aromatic N) is 4. The van der Waals surface area contributed by atoms with Crippen LogP contribution in [0.3, 0.4) is 0 Å². The van der Waals surface area contributed by atoms with Gasteiger partial charge in [0, 0.05) is 30.1 Å². The Hall–Kier alpha value is -2.53. The van der Waals surface area contributed by atoms with Gasteiger partial charge < -0.3 is 5.32 Å². The molecule has 5 nitrogen and oxygen atoms in total. The smallest absolute Gasteiger partial charge is 0.138 e. The van der Waals surface area contributed by atoms with Crippen LogP contribution in [-0.4, -0.2) is 25.9 Å². The van der Waals surface area contributed by atoms with Crippen molar-refractivity contribution in [3.63, 3.8) is 0 Å². The number of hydrogen-bond acceptors (Lipinski definition) is 5. The summed E-state index contributed by atoms with van der Waals surface area (Å²) in [6.45, 7) is 4.24. The minimum Gasteiger partial charge on any atom is -0.339 e.